The zero-order chi connectivity index (χ0) is 12.0. The van der Waals surface area contributed by atoms with Gasteiger partial charge in [-0.2, -0.15) is 0 Å². The van der Waals surface area contributed by atoms with E-state index in [0.29, 0.717) is 6.54 Å². The first-order valence-electron chi connectivity index (χ1n) is 5.59. The topological polar surface area (TPSA) is 29.3 Å². The summed E-state index contributed by atoms with van der Waals surface area (Å²) in [4.78, 5) is 2.13. The molecule has 0 bridgehead atoms. The first kappa shape index (κ1) is 13.3. The highest BCUT2D eigenvalue weighted by molar-refractivity contribution is 6.31. The number of hydrogen-bond acceptors (Lipinski definition) is 2. The third kappa shape index (κ3) is 3.65. The number of benzene rings is 1. The molecule has 0 heterocycles. The lowest BCUT2D eigenvalue weighted by atomic mass is 10.2. The first-order valence-corrected chi connectivity index (χ1v) is 5.97. The molecule has 0 amide bonds. The number of hydrogen-bond donors (Lipinski definition) is 1. The van der Waals surface area contributed by atoms with Crippen LogP contribution in [-0.2, 0) is 0 Å². The van der Waals surface area contributed by atoms with Gasteiger partial charge in [-0.05, 0) is 24.6 Å². The van der Waals surface area contributed by atoms with E-state index in [-0.39, 0.29) is 10.8 Å². The highest BCUT2D eigenvalue weighted by atomic mass is 35.5. The molecule has 0 unspecified atom stereocenters. The van der Waals surface area contributed by atoms with Crippen LogP contribution < -0.4 is 10.6 Å². The van der Waals surface area contributed by atoms with Crippen molar-refractivity contribution in [3.63, 3.8) is 0 Å². The molecule has 0 aliphatic heterocycles. The molecule has 4 heteroatoms. The monoisotopic (exact) mass is 244 g/mol. The van der Waals surface area contributed by atoms with Gasteiger partial charge in [0.05, 0.1) is 5.02 Å². The van der Waals surface area contributed by atoms with E-state index in [2.05, 4.69) is 11.8 Å². The number of nitrogens with zero attached hydrogens (tertiary/aromatic N) is 1. The maximum Gasteiger partial charge on any atom is 0.141 e. The summed E-state index contributed by atoms with van der Waals surface area (Å²) in [6.07, 6.45) is 2.21. The van der Waals surface area contributed by atoms with Crippen molar-refractivity contribution >= 4 is 17.3 Å². The van der Waals surface area contributed by atoms with Gasteiger partial charge in [-0.15, -0.1) is 0 Å². The average molecular weight is 245 g/mol. The normalized spacial score (nSPS) is 10.5. The maximum absolute atomic E-state index is 13.0. The van der Waals surface area contributed by atoms with Gasteiger partial charge in [0.2, 0.25) is 0 Å². The van der Waals surface area contributed by atoms with Crippen molar-refractivity contribution < 1.29 is 4.39 Å². The van der Waals surface area contributed by atoms with Crippen molar-refractivity contribution in [2.45, 2.75) is 19.8 Å². The number of unbranched alkanes of at least 4 members (excludes halogenated alkanes) is 1. The highest BCUT2D eigenvalue weighted by Crippen LogP contribution is 2.22. The summed E-state index contributed by atoms with van der Waals surface area (Å²) in [5, 5.41) is 0.163. The Kier molecular flexibility index (Phi) is 5.56. The SMILES string of the molecule is CCCCN(CCN)c1ccc(F)c(Cl)c1. The fraction of sp³-hybridized carbons (Fsp3) is 0.500. The van der Waals surface area contributed by atoms with Gasteiger partial charge in [-0.25, -0.2) is 4.39 Å². The Labute approximate surface area is 101 Å². The summed E-state index contributed by atoms with van der Waals surface area (Å²) in [6, 6.07) is 4.79. The van der Waals surface area contributed by atoms with Crippen LogP contribution in [0, 0.1) is 5.82 Å². The lowest BCUT2D eigenvalue weighted by Crippen LogP contribution is -2.30. The quantitative estimate of drug-likeness (QED) is 0.834. The molecule has 16 heavy (non-hydrogen) atoms. The van der Waals surface area contributed by atoms with E-state index in [9.17, 15) is 4.39 Å². The van der Waals surface area contributed by atoms with Crippen molar-refractivity contribution in [1.29, 1.82) is 0 Å². The fourth-order valence-corrected chi connectivity index (χ4v) is 1.73. The lowest BCUT2D eigenvalue weighted by Gasteiger charge is -2.24. The molecule has 0 saturated carbocycles. The molecule has 0 spiro atoms. The van der Waals surface area contributed by atoms with Gasteiger partial charge in [0, 0.05) is 25.3 Å². The molecule has 2 N–H and O–H groups in total. The Balaban J connectivity index is 2.78. The molecule has 0 aliphatic carbocycles. The van der Waals surface area contributed by atoms with E-state index in [4.69, 9.17) is 17.3 Å². The van der Waals surface area contributed by atoms with Gasteiger partial charge in [-0.1, -0.05) is 24.9 Å². The lowest BCUT2D eigenvalue weighted by molar-refractivity contribution is 0.627. The predicted octanol–water partition coefficient (Wildman–Crippen LogP) is 3.04. The Bertz CT molecular complexity index is 331. The van der Waals surface area contributed by atoms with Gasteiger partial charge in [0.25, 0.3) is 0 Å². The molecular weight excluding hydrogens is 227 g/mol. The standard InChI is InChI=1S/C12H18ClFN2/c1-2-3-7-16(8-6-15)10-4-5-12(14)11(13)9-10/h4-5,9H,2-3,6-8,15H2,1H3. The van der Waals surface area contributed by atoms with Gasteiger partial charge in [0.1, 0.15) is 5.82 Å². The molecule has 1 aromatic rings. The molecule has 0 aliphatic rings. The van der Waals surface area contributed by atoms with Gasteiger partial charge in [0.15, 0.2) is 0 Å². The van der Waals surface area contributed by atoms with Crippen molar-refractivity contribution in [3.05, 3.63) is 29.0 Å². The van der Waals surface area contributed by atoms with Crippen molar-refractivity contribution in [3.8, 4) is 0 Å². The third-order valence-electron chi connectivity index (χ3n) is 2.45. The van der Waals surface area contributed by atoms with Crippen molar-refractivity contribution in [2.75, 3.05) is 24.5 Å². The summed E-state index contributed by atoms with van der Waals surface area (Å²) in [6.45, 7) is 4.41. The van der Waals surface area contributed by atoms with E-state index < -0.39 is 0 Å². The largest absolute Gasteiger partial charge is 0.370 e. The second kappa shape index (κ2) is 6.71. The van der Waals surface area contributed by atoms with Crippen LogP contribution in [0.4, 0.5) is 10.1 Å². The first-order chi connectivity index (χ1) is 7.69. The molecule has 0 atom stereocenters. The van der Waals surface area contributed by atoms with Crippen LogP contribution in [0.15, 0.2) is 18.2 Å². The summed E-state index contributed by atoms with van der Waals surface area (Å²) in [5.41, 5.74) is 6.49. The van der Waals surface area contributed by atoms with E-state index in [1.54, 1.807) is 12.1 Å². The van der Waals surface area contributed by atoms with Crippen LogP contribution in [0.5, 0.6) is 0 Å². The van der Waals surface area contributed by atoms with Crippen molar-refractivity contribution in [2.24, 2.45) is 5.73 Å². The molecule has 2 nitrogen and oxygen atoms in total. The minimum absolute atomic E-state index is 0.163. The molecule has 1 rings (SSSR count). The summed E-state index contributed by atoms with van der Waals surface area (Å²) in [5.74, 6) is -0.381. The van der Waals surface area contributed by atoms with Crippen LogP contribution in [0.25, 0.3) is 0 Å². The van der Waals surface area contributed by atoms with Gasteiger partial charge in [-0.3, -0.25) is 0 Å². The Hall–Kier alpha value is -0.800. The summed E-state index contributed by atoms with van der Waals surface area (Å²) < 4.78 is 13.0. The van der Waals surface area contributed by atoms with Crippen LogP contribution in [-0.4, -0.2) is 19.6 Å². The Morgan fingerprint density at radius 2 is 2.12 bits per heavy atom. The predicted molar refractivity (Wildman–Crippen MR) is 67.6 cm³/mol. The molecule has 90 valence electrons. The smallest absolute Gasteiger partial charge is 0.141 e. The third-order valence-corrected chi connectivity index (χ3v) is 2.74. The molecule has 0 radical (unpaired) electrons. The molecule has 0 saturated heterocycles. The van der Waals surface area contributed by atoms with Gasteiger partial charge < -0.3 is 10.6 Å². The number of halogens is 2. The number of nitrogens with two attached hydrogens (primary N) is 1. The van der Waals surface area contributed by atoms with E-state index >= 15 is 0 Å². The van der Waals surface area contributed by atoms with Crippen LogP contribution in [0.3, 0.4) is 0 Å². The molecular formula is C12H18ClFN2. The zero-order valence-corrected chi connectivity index (χ0v) is 10.3. The summed E-state index contributed by atoms with van der Waals surface area (Å²) in [7, 11) is 0. The van der Waals surface area contributed by atoms with Gasteiger partial charge >= 0.3 is 0 Å². The Morgan fingerprint density at radius 3 is 2.69 bits per heavy atom. The highest BCUT2D eigenvalue weighted by Gasteiger charge is 2.07. The van der Waals surface area contributed by atoms with Crippen molar-refractivity contribution in [1.82, 2.24) is 0 Å². The van der Waals surface area contributed by atoms with E-state index in [1.807, 2.05) is 0 Å². The second-order valence-corrected chi connectivity index (χ2v) is 4.13. The minimum atomic E-state index is -0.381. The van der Waals surface area contributed by atoms with E-state index in [0.717, 1.165) is 31.6 Å². The number of anilines is 1. The van der Waals surface area contributed by atoms with E-state index in [1.165, 1.54) is 6.07 Å². The fourth-order valence-electron chi connectivity index (χ4n) is 1.56. The van der Waals surface area contributed by atoms with Crippen LogP contribution in [0.2, 0.25) is 5.02 Å². The van der Waals surface area contributed by atoms with Crippen LogP contribution in [0.1, 0.15) is 19.8 Å². The molecule has 1 aromatic carbocycles. The molecule has 0 fully saturated rings. The zero-order valence-electron chi connectivity index (χ0n) is 9.55. The Morgan fingerprint density at radius 1 is 1.38 bits per heavy atom. The maximum atomic E-state index is 13.0. The average Bonchev–Trinajstić information content (AvgIpc) is 2.28. The second-order valence-electron chi connectivity index (χ2n) is 3.73. The van der Waals surface area contributed by atoms with Crippen LogP contribution >= 0.6 is 11.6 Å². The number of rotatable bonds is 6. The summed E-state index contributed by atoms with van der Waals surface area (Å²) >= 11 is 5.76. The minimum Gasteiger partial charge on any atom is -0.370 e. The molecule has 0 aromatic heterocycles.